The van der Waals surface area contributed by atoms with Crippen molar-refractivity contribution in [3.63, 3.8) is 0 Å². The normalized spacial score (nSPS) is 17.4. The van der Waals surface area contributed by atoms with Crippen molar-refractivity contribution in [3.05, 3.63) is 58.1 Å². The summed E-state index contributed by atoms with van der Waals surface area (Å²) in [5.74, 6) is 0.0936. The molecule has 1 N–H and O–H groups in total. The van der Waals surface area contributed by atoms with E-state index in [0.29, 0.717) is 16.6 Å². The van der Waals surface area contributed by atoms with Gasteiger partial charge in [-0.2, -0.15) is 0 Å². The summed E-state index contributed by atoms with van der Waals surface area (Å²) < 4.78 is 31.1. The molecule has 0 aromatic heterocycles. The van der Waals surface area contributed by atoms with Gasteiger partial charge in [0, 0.05) is 42.3 Å². The SMILES string of the molecule is C[C@@H]1CN(Cc2ccc(Cl)cc2)CCN1C(=O)COc1ccc(Cl)cc1NS(C)(=O)=O. The van der Waals surface area contributed by atoms with Crippen LogP contribution in [0.5, 0.6) is 5.75 Å². The topological polar surface area (TPSA) is 79.0 Å². The second-order valence-corrected chi connectivity index (χ2v) is 10.2. The number of sulfonamides is 1. The Kier molecular flexibility index (Phi) is 7.69. The minimum absolute atomic E-state index is 0.0241. The maximum Gasteiger partial charge on any atom is 0.260 e. The van der Waals surface area contributed by atoms with Gasteiger partial charge in [-0.25, -0.2) is 8.42 Å². The summed E-state index contributed by atoms with van der Waals surface area (Å²) in [7, 11) is -3.52. The van der Waals surface area contributed by atoms with Crippen molar-refractivity contribution < 1.29 is 17.9 Å². The van der Waals surface area contributed by atoms with Gasteiger partial charge in [-0.3, -0.25) is 14.4 Å². The molecule has 1 aliphatic rings. The number of benzene rings is 2. The fourth-order valence-corrected chi connectivity index (χ4v) is 4.38. The van der Waals surface area contributed by atoms with Crippen molar-refractivity contribution in [1.29, 1.82) is 0 Å². The van der Waals surface area contributed by atoms with Crippen LogP contribution in [0.15, 0.2) is 42.5 Å². The number of amides is 1. The summed E-state index contributed by atoms with van der Waals surface area (Å²) in [6, 6.07) is 12.3. The number of halogens is 2. The lowest BCUT2D eigenvalue weighted by molar-refractivity contribution is -0.137. The Labute approximate surface area is 192 Å². The number of rotatable bonds is 7. The van der Waals surface area contributed by atoms with E-state index in [0.717, 1.165) is 25.9 Å². The van der Waals surface area contributed by atoms with E-state index < -0.39 is 10.0 Å². The molecule has 31 heavy (non-hydrogen) atoms. The predicted octanol–water partition coefficient (Wildman–Crippen LogP) is 3.48. The van der Waals surface area contributed by atoms with Gasteiger partial charge in [0.25, 0.3) is 5.91 Å². The fourth-order valence-electron chi connectivity index (χ4n) is 3.53. The number of carbonyl (C=O) groups is 1. The molecule has 10 heteroatoms. The lowest BCUT2D eigenvalue weighted by Gasteiger charge is -2.39. The first-order valence-corrected chi connectivity index (χ1v) is 12.4. The van der Waals surface area contributed by atoms with Gasteiger partial charge in [0.2, 0.25) is 10.0 Å². The lowest BCUT2D eigenvalue weighted by atomic mass is 10.1. The van der Waals surface area contributed by atoms with Crippen molar-refractivity contribution >= 4 is 44.8 Å². The third-order valence-corrected chi connectivity index (χ3v) is 6.02. The largest absolute Gasteiger partial charge is 0.482 e. The Balaban J connectivity index is 1.56. The van der Waals surface area contributed by atoms with Gasteiger partial charge in [0.05, 0.1) is 11.9 Å². The van der Waals surface area contributed by atoms with Crippen LogP contribution in [-0.2, 0) is 21.4 Å². The van der Waals surface area contributed by atoms with Crippen LogP contribution in [0.2, 0.25) is 10.0 Å². The highest BCUT2D eigenvalue weighted by molar-refractivity contribution is 7.92. The van der Waals surface area contributed by atoms with E-state index in [9.17, 15) is 13.2 Å². The van der Waals surface area contributed by atoms with E-state index in [-0.39, 0.29) is 30.0 Å². The summed E-state index contributed by atoms with van der Waals surface area (Å²) in [5.41, 5.74) is 1.37. The molecular formula is C21H25Cl2N3O4S. The van der Waals surface area contributed by atoms with Crippen molar-refractivity contribution in [2.24, 2.45) is 0 Å². The first kappa shape index (κ1) is 23.7. The van der Waals surface area contributed by atoms with Crippen molar-refractivity contribution in [3.8, 4) is 5.75 Å². The van der Waals surface area contributed by atoms with Crippen molar-refractivity contribution in [1.82, 2.24) is 9.80 Å². The molecule has 0 aliphatic carbocycles. The molecule has 1 fully saturated rings. The second kappa shape index (κ2) is 10.1. The number of nitrogens with zero attached hydrogens (tertiary/aromatic N) is 2. The number of ether oxygens (including phenoxy) is 1. The van der Waals surface area contributed by atoms with Crippen LogP contribution in [0.25, 0.3) is 0 Å². The molecule has 168 valence electrons. The molecule has 0 saturated carbocycles. The van der Waals surface area contributed by atoms with Gasteiger partial charge in [0.1, 0.15) is 5.75 Å². The minimum Gasteiger partial charge on any atom is -0.482 e. The Hall–Kier alpha value is -2.00. The van der Waals surface area contributed by atoms with Gasteiger partial charge in [-0.1, -0.05) is 35.3 Å². The number of hydrogen-bond donors (Lipinski definition) is 1. The molecule has 3 rings (SSSR count). The van der Waals surface area contributed by atoms with Crippen molar-refractivity contribution in [2.75, 3.05) is 37.2 Å². The molecule has 1 aliphatic heterocycles. The van der Waals surface area contributed by atoms with Crippen LogP contribution in [0.3, 0.4) is 0 Å². The zero-order valence-corrected chi connectivity index (χ0v) is 19.7. The van der Waals surface area contributed by atoms with E-state index in [2.05, 4.69) is 9.62 Å². The van der Waals surface area contributed by atoms with E-state index >= 15 is 0 Å². The zero-order valence-electron chi connectivity index (χ0n) is 17.3. The van der Waals surface area contributed by atoms with E-state index in [1.54, 1.807) is 11.0 Å². The molecule has 1 heterocycles. The van der Waals surface area contributed by atoms with Gasteiger partial charge < -0.3 is 9.64 Å². The molecule has 0 unspecified atom stereocenters. The molecule has 1 amide bonds. The molecular weight excluding hydrogens is 461 g/mol. The second-order valence-electron chi connectivity index (χ2n) is 7.60. The molecule has 0 radical (unpaired) electrons. The zero-order chi connectivity index (χ0) is 22.6. The fraction of sp³-hybridized carbons (Fsp3) is 0.381. The third-order valence-electron chi connectivity index (χ3n) is 4.94. The van der Waals surface area contributed by atoms with Crippen LogP contribution in [0.4, 0.5) is 5.69 Å². The molecule has 2 aromatic carbocycles. The van der Waals surface area contributed by atoms with Gasteiger partial charge in [-0.15, -0.1) is 0 Å². The standard InChI is InChI=1S/C21H25Cl2N3O4S/c1-15-12-25(13-16-3-5-17(22)6-4-16)9-10-26(15)21(27)14-30-20-8-7-18(23)11-19(20)24-31(2,28)29/h3-8,11,15,24H,9-10,12-14H2,1-2H3/t15-/m1/s1. The number of hydrogen-bond acceptors (Lipinski definition) is 5. The number of nitrogens with one attached hydrogen (secondary N) is 1. The summed E-state index contributed by atoms with van der Waals surface area (Å²) >= 11 is 11.9. The highest BCUT2D eigenvalue weighted by Gasteiger charge is 2.27. The summed E-state index contributed by atoms with van der Waals surface area (Å²) in [6.45, 7) is 4.69. The van der Waals surface area contributed by atoms with E-state index in [1.807, 2.05) is 31.2 Å². The Morgan fingerprint density at radius 2 is 1.81 bits per heavy atom. The van der Waals surface area contributed by atoms with Crippen LogP contribution in [-0.4, -0.2) is 62.7 Å². The van der Waals surface area contributed by atoms with Crippen LogP contribution in [0, 0.1) is 0 Å². The molecule has 0 spiro atoms. The van der Waals surface area contributed by atoms with Crippen molar-refractivity contribution in [2.45, 2.75) is 19.5 Å². The molecule has 2 aromatic rings. The number of piperazine rings is 1. The van der Waals surface area contributed by atoms with Crippen LogP contribution >= 0.6 is 23.2 Å². The summed E-state index contributed by atoms with van der Waals surface area (Å²) in [6.07, 6.45) is 1.04. The number of anilines is 1. The first-order valence-electron chi connectivity index (χ1n) is 9.77. The first-order chi connectivity index (χ1) is 14.6. The minimum atomic E-state index is -3.52. The maximum atomic E-state index is 12.8. The van der Waals surface area contributed by atoms with Crippen LogP contribution in [0.1, 0.15) is 12.5 Å². The maximum absolute atomic E-state index is 12.8. The average Bonchev–Trinajstić information content (AvgIpc) is 2.68. The van der Waals surface area contributed by atoms with E-state index in [4.69, 9.17) is 27.9 Å². The molecule has 7 nitrogen and oxygen atoms in total. The smallest absolute Gasteiger partial charge is 0.260 e. The van der Waals surface area contributed by atoms with Crippen LogP contribution < -0.4 is 9.46 Å². The van der Waals surface area contributed by atoms with E-state index in [1.165, 1.54) is 17.7 Å². The van der Waals surface area contributed by atoms with Gasteiger partial charge in [-0.05, 0) is 42.8 Å². The molecule has 1 saturated heterocycles. The number of carbonyl (C=O) groups excluding carboxylic acids is 1. The monoisotopic (exact) mass is 485 g/mol. The highest BCUT2D eigenvalue weighted by atomic mass is 35.5. The molecule has 1 atom stereocenters. The summed E-state index contributed by atoms with van der Waals surface area (Å²) in [4.78, 5) is 16.8. The summed E-state index contributed by atoms with van der Waals surface area (Å²) in [5, 5.41) is 1.07. The Morgan fingerprint density at radius 1 is 1.13 bits per heavy atom. The lowest BCUT2D eigenvalue weighted by Crippen LogP contribution is -2.54. The third kappa shape index (κ3) is 7.00. The highest BCUT2D eigenvalue weighted by Crippen LogP contribution is 2.29. The van der Waals surface area contributed by atoms with Gasteiger partial charge >= 0.3 is 0 Å². The Bertz CT molecular complexity index is 1030. The quantitative estimate of drug-likeness (QED) is 0.649. The molecule has 0 bridgehead atoms. The average molecular weight is 486 g/mol. The van der Waals surface area contributed by atoms with Gasteiger partial charge in [0.15, 0.2) is 6.61 Å². The predicted molar refractivity (Wildman–Crippen MR) is 123 cm³/mol. The Morgan fingerprint density at radius 3 is 2.45 bits per heavy atom.